The van der Waals surface area contributed by atoms with Gasteiger partial charge in [-0.15, -0.1) is 0 Å². The normalized spacial score (nSPS) is 27.1. The lowest BCUT2D eigenvalue weighted by Crippen LogP contribution is -2.31. The molecule has 1 aliphatic carbocycles. The monoisotopic (exact) mass is 322 g/mol. The van der Waals surface area contributed by atoms with Crippen LogP contribution >= 0.6 is 0 Å². The molecule has 1 saturated heterocycles. The van der Waals surface area contributed by atoms with Crippen molar-refractivity contribution in [3.05, 3.63) is 54.4 Å². The molecule has 3 nitrogen and oxygen atoms in total. The van der Waals surface area contributed by atoms with Crippen LogP contribution in [0.5, 0.6) is 11.5 Å². The zero-order valence-electron chi connectivity index (χ0n) is 14.2. The van der Waals surface area contributed by atoms with Gasteiger partial charge in [-0.05, 0) is 86.7 Å². The van der Waals surface area contributed by atoms with Gasteiger partial charge < -0.3 is 10.1 Å². The van der Waals surface area contributed by atoms with Gasteiger partial charge in [-0.3, -0.25) is 4.98 Å². The van der Waals surface area contributed by atoms with E-state index in [0.717, 1.165) is 23.3 Å². The van der Waals surface area contributed by atoms with Crippen LogP contribution in [0, 0.1) is 11.8 Å². The predicted molar refractivity (Wildman–Crippen MR) is 96.4 cm³/mol. The van der Waals surface area contributed by atoms with Crippen LogP contribution in [0.2, 0.25) is 0 Å². The van der Waals surface area contributed by atoms with Crippen molar-refractivity contribution in [2.75, 3.05) is 13.1 Å². The number of nitrogens with one attached hydrogen (secondary N) is 1. The number of rotatable bonds is 3. The van der Waals surface area contributed by atoms with Gasteiger partial charge in [0, 0.05) is 6.20 Å². The van der Waals surface area contributed by atoms with Gasteiger partial charge in [-0.2, -0.15) is 0 Å². The van der Waals surface area contributed by atoms with Crippen molar-refractivity contribution in [1.29, 1.82) is 0 Å². The molecule has 1 N–H and O–H groups in total. The van der Waals surface area contributed by atoms with Crippen molar-refractivity contribution in [2.45, 2.75) is 38.0 Å². The van der Waals surface area contributed by atoms with Crippen LogP contribution < -0.4 is 10.1 Å². The third-order valence-corrected chi connectivity index (χ3v) is 5.55. The first-order chi connectivity index (χ1) is 11.9. The number of hydrogen-bond acceptors (Lipinski definition) is 3. The molecule has 3 heteroatoms. The van der Waals surface area contributed by atoms with Gasteiger partial charge in [0.25, 0.3) is 0 Å². The Morgan fingerprint density at radius 1 is 0.875 bits per heavy atom. The minimum Gasteiger partial charge on any atom is -0.456 e. The third kappa shape index (κ3) is 3.78. The molecule has 2 unspecified atom stereocenters. The van der Waals surface area contributed by atoms with Crippen LogP contribution in [0.25, 0.3) is 0 Å². The summed E-state index contributed by atoms with van der Waals surface area (Å²) in [6.45, 7) is 2.36. The SMILES string of the molecule is c1ccc(Oc2cncc(C3CC4CCNCCC(C4)C3)c2)cc1. The highest BCUT2D eigenvalue weighted by molar-refractivity contribution is 5.32. The highest BCUT2D eigenvalue weighted by Gasteiger charge is 2.30. The van der Waals surface area contributed by atoms with Gasteiger partial charge in [0.05, 0.1) is 6.20 Å². The maximum absolute atomic E-state index is 5.98. The number of ether oxygens (including phenoxy) is 1. The number of fused-ring (bicyclic) bond motifs is 2. The summed E-state index contributed by atoms with van der Waals surface area (Å²) in [6, 6.07) is 12.2. The van der Waals surface area contributed by atoms with Gasteiger partial charge in [-0.1, -0.05) is 18.2 Å². The lowest BCUT2D eigenvalue weighted by molar-refractivity contribution is 0.201. The fourth-order valence-electron chi connectivity index (χ4n) is 4.39. The average molecular weight is 322 g/mol. The summed E-state index contributed by atoms with van der Waals surface area (Å²) >= 11 is 0. The van der Waals surface area contributed by atoms with Gasteiger partial charge in [0.15, 0.2) is 0 Å². The number of nitrogens with zero attached hydrogens (tertiary/aromatic N) is 1. The second-order valence-electron chi connectivity index (χ2n) is 7.33. The Morgan fingerprint density at radius 3 is 2.38 bits per heavy atom. The summed E-state index contributed by atoms with van der Waals surface area (Å²) in [7, 11) is 0. The summed E-state index contributed by atoms with van der Waals surface area (Å²) in [4.78, 5) is 4.45. The minimum atomic E-state index is 0.638. The van der Waals surface area contributed by atoms with E-state index in [9.17, 15) is 0 Å². The molecule has 2 fully saturated rings. The molecule has 1 aromatic heterocycles. The van der Waals surface area contributed by atoms with E-state index in [1.165, 1.54) is 50.8 Å². The van der Waals surface area contributed by atoms with Gasteiger partial charge >= 0.3 is 0 Å². The molecule has 2 heterocycles. The number of benzene rings is 1. The highest BCUT2D eigenvalue weighted by atomic mass is 16.5. The van der Waals surface area contributed by atoms with E-state index in [-0.39, 0.29) is 0 Å². The van der Waals surface area contributed by atoms with Crippen LogP contribution in [0.3, 0.4) is 0 Å². The summed E-state index contributed by atoms with van der Waals surface area (Å²) in [5, 5.41) is 3.57. The van der Waals surface area contributed by atoms with Crippen LogP contribution in [0.15, 0.2) is 48.8 Å². The van der Waals surface area contributed by atoms with E-state index in [2.05, 4.69) is 16.4 Å². The molecule has 0 spiro atoms. The molecular formula is C21H26N2O. The number of pyridine rings is 1. The molecule has 1 aromatic carbocycles. The van der Waals surface area contributed by atoms with E-state index >= 15 is 0 Å². The van der Waals surface area contributed by atoms with E-state index < -0.39 is 0 Å². The Labute approximate surface area is 144 Å². The number of aromatic nitrogens is 1. The summed E-state index contributed by atoms with van der Waals surface area (Å²) in [5.74, 6) is 4.08. The van der Waals surface area contributed by atoms with Crippen molar-refractivity contribution >= 4 is 0 Å². The molecule has 1 aliphatic heterocycles. The first-order valence-corrected chi connectivity index (χ1v) is 9.25. The van der Waals surface area contributed by atoms with E-state index in [1.807, 2.05) is 42.7 Å². The topological polar surface area (TPSA) is 34.1 Å². The van der Waals surface area contributed by atoms with Crippen LogP contribution in [-0.4, -0.2) is 18.1 Å². The highest BCUT2D eigenvalue weighted by Crippen LogP contribution is 2.42. The van der Waals surface area contributed by atoms with Crippen LogP contribution in [-0.2, 0) is 0 Å². The van der Waals surface area contributed by atoms with Gasteiger partial charge in [0.2, 0.25) is 0 Å². The largest absolute Gasteiger partial charge is 0.456 e. The molecular weight excluding hydrogens is 296 g/mol. The molecule has 2 aromatic rings. The molecule has 2 bridgehead atoms. The molecule has 0 amide bonds. The molecule has 126 valence electrons. The predicted octanol–water partition coefficient (Wildman–Crippen LogP) is 4.76. The zero-order valence-corrected chi connectivity index (χ0v) is 14.2. The van der Waals surface area contributed by atoms with Crippen LogP contribution in [0.4, 0.5) is 0 Å². The maximum Gasteiger partial charge on any atom is 0.145 e. The maximum atomic E-state index is 5.98. The fraction of sp³-hybridized carbons (Fsp3) is 0.476. The molecule has 24 heavy (non-hydrogen) atoms. The smallest absolute Gasteiger partial charge is 0.145 e. The molecule has 4 rings (SSSR count). The van der Waals surface area contributed by atoms with Crippen molar-refractivity contribution in [1.82, 2.24) is 10.3 Å². The van der Waals surface area contributed by atoms with E-state index in [1.54, 1.807) is 0 Å². The lowest BCUT2D eigenvalue weighted by Gasteiger charge is -2.37. The Balaban J connectivity index is 1.50. The van der Waals surface area contributed by atoms with E-state index in [0.29, 0.717) is 5.92 Å². The van der Waals surface area contributed by atoms with Crippen molar-refractivity contribution in [3.8, 4) is 11.5 Å². The van der Waals surface area contributed by atoms with Gasteiger partial charge in [-0.25, -0.2) is 0 Å². The quantitative estimate of drug-likeness (QED) is 0.885. The second kappa shape index (κ2) is 7.35. The number of para-hydroxylation sites is 1. The molecule has 0 radical (unpaired) electrons. The Morgan fingerprint density at radius 2 is 1.62 bits per heavy atom. The summed E-state index contributed by atoms with van der Waals surface area (Å²) in [6.07, 6.45) is 10.5. The zero-order chi connectivity index (χ0) is 16.2. The van der Waals surface area contributed by atoms with Crippen molar-refractivity contribution in [3.63, 3.8) is 0 Å². The first-order valence-electron chi connectivity index (χ1n) is 9.25. The molecule has 1 saturated carbocycles. The Bertz CT molecular complexity index is 644. The third-order valence-electron chi connectivity index (χ3n) is 5.55. The van der Waals surface area contributed by atoms with Crippen molar-refractivity contribution in [2.24, 2.45) is 11.8 Å². The average Bonchev–Trinajstić information content (AvgIpc) is 2.61. The Kier molecular flexibility index (Phi) is 4.79. The van der Waals surface area contributed by atoms with Gasteiger partial charge in [0.1, 0.15) is 11.5 Å². The fourth-order valence-corrected chi connectivity index (χ4v) is 4.39. The minimum absolute atomic E-state index is 0.638. The first kappa shape index (κ1) is 15.6. The van der Waals surface area contributed by atoms with Crippen molar-refractivity contribution < 1.29 is 4.74 Å². The molecule has 2 atom stereocenters. The van der Waals surface area contributed by atoms with Crippen LogP contribution in [0.1, 0.15) is 43.6 Å². The summed E-state index contributed by atoms with van der Waals surface area (Å²) < 4.78 is 5.98. The van der Waals surface area contributed by atoms with E-state index in [4.69, 9.17) is 4.74 Å². The number of hydrogen-bond donors (Lipinski definition) is 1. The molecule has 2 aliphatic rings. The standard InChI is InChI=1S/C21H26N2O/c1-2-4-20(5-3-1)24-21-13-19(14-23-15-21)18-11-16-6-8-22-9-7-17(10-16)12-18/h1-5,13-18,22H,6-12H2. The summed E-state index contributed by atoms with van der Waals surface area (Å²) in [5.41, 5.74) is 1.35. The Hall–Kier alpha value is -1.87. The second-order valence-corrected chi connectivity index (χ2v) is 7.33. The lowest BCUT2D eigenvalue weighted by atomic mass is 9.70.